The van der Waals surface area contributed by atoms with Gasteiger partial charge in [-0.25, -0.2) is 14.8 Å². The second-order valence-corrected chi connectivity index (χ2v) is 6.82. The average molecular weight is 374 g/mol. The van der Waals surface area contributed by atoms with Crippen LogP contribution < -0.4 is 10.2 Å². The summed E-state index contributed by atoms with van der Waals surface area (Å²) in [5, 5.41) is 3.63. The number of benzene rings is 1. The monoisotopic (exact) mass is 373 g/mol. The third-order valence-electron chi connectivity index (χ3n) is 4.58. The first-order valence-electron chi connectivity index (χ1n) is 8.64. The summed E-state index contributed by atoms with van der Waals surface area (Å²) < 4.78 is 5.37. The molecule has 136 valence electrons. The highest BCUT2D eigenvalue weighted by molar-refractivity contribution is 6.30. The molecule has 1 aromatic carbocycles. The normalized spacial score (nSPS) is 16.5. The molecular formula is C18H20ClN5O2. The predicted molar refractivity (Wildman–Crippen MR) is 98.0 cm³/mol. The highest BCUT2D eigenvalue weighted by Crippen LogP contribution is 2.23. The van der Waals surface area contributed by atoms with Crippen LogP contribution in [-0.4, -0.2) is 47.2 Å². The number of nitrogens with one attached hydrogen (secondary N) is 1. The zero-order valence-corrected chi connectivity index (χ0v) is 15.1. The Balaban J connectivity index is 1.36. The molecule has 2 aromatic rings. The fourth-order valence-corrected chi connectivity index (χ4v) is 3.22. The second-order valence-electron chi connectivity index (χ2n) is 6.38. The van der Waals surface area contributed by atoms with E-state index < -0.39 is 0 Å². The molecule has 0 atom stereocenters. The van der Waals surface area contributed by atoms with Crippen LogP contribution in [0.1, 0.15) is 16.8 Å². The Hall–Kier alpha value is -2.38. The topological polar surface area (TPSA) is 70.6 Å². The van der Waals surface area contributed by atoms with E-state index in [1.54, 1.807) is 4.90 Å². The fourth-order valence-electron chi connectivity index (χ4n) is 3.09. The quantitative estimate of drug-likeness (QED) is 0.893. The molecule has 1 fully saturated rings. The van der Waals surface area contributed by atoms with Crippen molar-refractivity contribution in [2.75, 3.05) is 31.2 Å². The van der Waals surface area contributed by atoms with Crippen molar-refractivity contribution >= 4 is 23.6 Å². The summed E-state index contributed by atoms with van der Waals surface area (Å²) in [4.78, 5) is 25.4. The average Bonchev–Trinajstić information content (AvgIpc) is 3.11. The Bertz CT molecular complexity index is 793. The van der Waals surface area contributed by atoms with Crippen molar-refractivity contribution in [1.82, 2.24) is 20.2 Å². The Morgan fingerprint density at radius 3 is 2.73 bits per heavy atom. The molecular weight excluding hydrogens is 354 g/mol. The lowest BCUT2D eigenvalue weighted by Gasteiger charge is -2.26. The Labute approximate surface area is 156 Å². The van der Waals surface area contributed by atoms with Crippen LogP contribution >= 0.6 is 11.6 Å². The lowest BCUT2D eigenvalue weighted by atomic mass is 10.2. The van der Waals surface area contributed by atoms with E-state index in [1.165, 1.54) is 0 Å². The molecule has 0 radical (unpaired) electrons. The first-order valence-corrected chi connectivity index (χ1v) is 9.01. The molecule has 4 rings (SSSR count). The Morgan fingerprint density at radius 1 is 1.19 bits per heavy atom. The van der Waals surface area contributed by atoms with Crippen LogP contribution in [0.4, 0.5) is 10.7 Å². The maximum Gasteiger partial charge on any atom is 0.318 e. The van der Waals surface area contributed by atoms with Gasteiger partial charge < -0.3 is 19.9 Å². The minimum absolute atomic E-state index is 0.106. The summed E-state index contributed by atoms with van der Waals surface area (Å²) in [7, 11) is 0. The number of amides is 2. The van der Waals surface area contributed by atoms with Crippen LogP contribution in [0.3, 0.4) is 0 Å². The summed E-state index contributed by atoms with van der Waals surface area (Å²) in [5.74, 6) is 0.718. The summed E-state index contributed by atoms with van der Waals surface area (Å²) in [6.45, 7) is 4.48. The zero-order chi connectivity index (χ0) is 17.9. The van der Waals surface area contributed by atoms with E-state index >= 15 is 0 Å². The van der Waals surface area contributed by atoms with Gasteiger partial charge in [0, 0.05) is 36.4 Å². The van der Waals surface area contributed by atoms with Crippen molar-refractivity contribution in [2.45, 2.75) is 19.6 Å². The molecule has 8 heteroatoms. The number of halogens is 1. The lowest BCUT2D eigenvalue weighted by molar-refractivity contribution is 0.122. The number of fused-ring (bicyclic) bond motifs is 1. The van der Waals surface area contributed by atoms with Crippen LogP contribution in [0.25, 0.3) is 0 Å². The number of aromatic nitrogens is 2. The zero-order valence-electron chi connectivity index (χ0n) is 14.3. The van der Waals surface area contributed by atoms with Crippen molar-refractivity contribution in [3.05, 3.63) is 52.3 Å². The van der Waals surface area contributed by atoms with Gasteiger partial charge >= 0.3 is 6.03 Å². The number of hydrogen-bond acceptors (Lipinski definition) is 5. The molecule has 1 aromatic heterocycles. The van der Waals surface area contributed by atoms with Gasteiger partial charge in [0.1, 0.15) is 0 Å². The third-order valence-corrected chi connectivity index (χ3v) is 4.83. The molecule has 1 N–H and O–H groups in total. The Kier molecular flexibility index (Phi) is 4.90. The number of carbonyl (C=O) groups excluding carboxylic acids is 1. The van der Waals surface area contributed by atoms with Crippen molar-refractivity contribution in [2.24, 2.45) is 0 Å². The standard InChI is InChI=1S/C18H20ClN5O2/c19-15-3-1-13(2-4-15)9-21-18(25)24-11-14-10-20-17(22-16(14)12-24)23-5-7-26-8-6-23/h1-4,10H,5-9,11-12H2,(H,21,25). The van der Waals surface area contributed by atoms with Crippen LogP contribution in [0.2, 0.25) is 5.02 Å². The van der Waals surface area contributed by atoms with Gasteiger partial charge in [-0.15, -0.1) is 0 Å². The third kappa shape index (κ3) is 3.73. The highest BCUT2D eigenvalue weighted by Gasteiger charge is 2.26. The molecule has 0 unspecified atom stereocenters. The van der Waals surface area contributed by atoms with E-state index in [2.05, 4.69) is 20.2 Å². The fraction of sp³-hybridized carbons (Fsp3) is 0.389. The molecule has 0 aliphatic carbocycles. The molecule has 7 nitrogen and oxygen atoms in total. The van der Waals surface area contributed by atoms with E-state index in [4.69, 9.17) is 16.3 Å². The van der Waals surface area contributed by atoms with Gasteiger partial charge in [-0.3, -0.25) is 0 Å². The predicted octanol–water partition coefficient (Wildman–Crippen LogP) is 2.19. The summed E-state index contributed by atoms with van der Waals surface area (Å²) in [6.07, 6.45) is 1.83. The van der Waals surface area contributed by atoms with Gasteiger partial charge in [0.2, 0.25) is 5.95 Å². The van der Waals surface area contributed by atoms with Gasteiger partial charge in [0.25, 0.3) is 0 Å². The number of anilines is 1. The molecule has 2 aliphatic heterocycles. The number of rotatable bonds is 3. The van der Waals surface area contributed by atoms with Gasteiger partial charge in [-0.1, -0.05) is 23.7 Å². The first-order chi connectivity index (χ1) is 12.7. The lowest BCUT2D eigenvalue weighted by Crippen LogP contribution is -2.37. The van der Waals surface area contributed by atoms with E-state index in [-0.39, 0.29) is 6.03 Å². The smallest absolute Gasteiger partial charge is 0.318 e. The minimum Gasteiger partial charge on any atom is -0.378 e. The minimum atomic E-state index is -0.106. The number of morpholine rings is 1. The van der Waals surface area contributed by atoms with Gasteiger partial charge in [-0.05, 0) is 17.7 Å². The molecule has 26 heavy (non-hydrogen) atoms. The van der Waals surface area contributed by atoms with E-state index in [0.717, 1.165) is 35.9 Å². The molecule has 0 bridgehead atoms. The number of urea groups is 1. The van der Waals surface area contributed by atoms with Crippen molar-refractivity contribution in [3.63, 3.8) is 0 Å². The van der Waals surface area contributed by atoms with Crippen LogP contribution in [0.5, 0.6) is 0 Å². The maximum absolute atomic E-state index is 12.5. The molecule has 3 heterocycles. The molecule has 1 saturated heterocycles. The van der Waals surface area contributed by atoms with Gasteiger partial charge in [0.15, 0.2) is 0 Å². The summed E-state index contributed by atoms with van der Waals surface area (Å²) >= 11 is 5.88. The number of carbonyl (C=O) groups is 1. The highest BCUT2D eigenvalue weighted by atomic mass is 35.5. The van der Waals surface area contributed by atoms with E-state index in [0.29, 0.717) is 37.9 Å². The van der Waals surface area contributed by atoms with E-state index in [9.17, 15) is 4.79 Å². The molecule has 2 aliphatic rings. The number of ether oxygens (including phenoxy) is 1. The molecule has 0 spiro atoms. The van der Waals surface area contributed by atoms with Crippen molar-refractivity contribution in [3.8, 4) is 0 Å². The number of hydrogen-bond donors (Lipinski definition) is 1. The summed E-state index contributed by atoms with van der Waals surface area (Å²) in [6, 6.07) is 7.34. The Morgan fingerprint density at radius 2 is 1.96 bits per heavy atom. The van der Waals surface area contributed by atoms with Gasteiger partial charge in [0.05, 0.1) is 32.0 Å². The van der Waals surface area contributed by atoms with Crippen LogP contribution in [-0.2, 0) is 24.4 Å². The largest absolute Gasteiger partial charge is 0.378 e. The second kappa shape index (κ2) is 7.47. The molecule has 0 saturated carbocycles. The molecule has 2 amide bonds. The first kappa shape index (κ1) is 17.1. The van der Waals surface area contributed by atoms with Gasteiger partial charge in [-0.2, -0.15) is 0 Å². The summed E-state index contributed by atoms with van der Waals surface area (Å²) in [5.41, 5.74) is 2.93. The van der Waals surface area contributed by atoms with Crippen LogP contribution in [0.15, 0.2) is 30.5 Å². The SMILES string of the molecule is O=C(NCc1ccc(Cl)cc1)N1Cc2cnc(N3CCOCC3)nc2C1. The van der Waals surface area contributed by atoms with Crippen molar-refractivity contribution in [1.29, 1.82) is 0 Å². The maximum atomic E-state index is 12.5. The van der Waals surface area contributed by atoms with Crippen molar-refractivity contribution < 1.29 is 9.53 Å². The van der Waals surface area contributed by atoms with E-state index in [1.807, 2.05) is 30.5 Å². The number of nitrogens with zero attached hydrogens (tertiary/aromatic N) is 4. The van der Waals surface area contributed by atoms with Crippen LogP contribution in [0, 0.1) is 0 Å².